The van der Waals surface area contributed by atoms with Gasteiger partial charge in [0.25, 0.3) is 0 Å². The molecule has 0 aliphatic carbocycles. The monoisotopic (exact) mass is 315 g/mol. The van der Waals surface area contributed by atoms with Crippen LogP contribution in [0.25, 0.3) is 0 Å². The zero-order valence-corrected chi connectivity index (χ0v) is 12.8. The van der Waals surface area contributed by atoms with Crippen LogP contribution in [0.1, 0.15) is 29.3 Å². The molecule has 0 bridgehead atoms. The Labute approximate surface area is 134 Å². The van der Waals surface area contributed by atoms with Gasteiger partial charge >= 0.3 is 0 Å². The van der Waals surface area contributed by atoms with Crippen molar-refractivity contribution in [2.45, 2.75) is 20.0 Å². The van der Waals surface area contributed by atoms with Crippen molar-refractivity contribution in [3.63, 3.8) is 0 Å². The zero-order valence-electron chi connectivity index (χ0n) is 12.8. The Kier molecular flexibility index (Phi) is 5.60. The SMILES string of the molecule is CC(CC(=O)Nc1cccc(CO)c1)C(=O)c1cccc(F)c1. The first kappa shape index (κ1) is 16.8. The fraction of sp³-hybridized carbons (Fsp3) is 0.222. The van der Waals surface area contributed by atoms with Crippen molar-refractivity contribution in [1.82, 2.24) is 0 Å². The number of benzene rings is 2. The number of ketones is 1. The molecule has 1 atom stereocenters. The molecule has 2 N–H and O–H groups in total. The van der Waals surface area contributed by atoms with Gasteiger partial charge in [0.05, 0.1) is 6.61 Å². The molecule has 0 spiro atoms. The van der Waals surface area contributed by atoms with Crippen molar-refractivity contribution in [1.29, 1.82) is 0 Å². The lowest BCUT2D eigenvalue weighted by Gasteiger charge is -2.11. The lowest BCUT2D eigenvalue weighted by Crippen LogP contribution is -2.20. The van der Waals surface area contributed by atoms with Gasteiger partial charge in [0.1, 0.15) is 5.82 Å². The van der Waals surface area contributed by atoms with Crippen LogP contribution in [0.5, 0.6) is 0 Å². The molecule has 0 fully saturated rings. The molecule has 120 valence electrons. The van der Waals surface area contributed by atoms with Crippen LogP contribution in [0.3, 0.4) is 0 Å². The minimum atomic E-state index is -0.558. The van der Waals surface area contributed by atoms with E-state index in [0.717, 1.165) is 0 Å². The van der Waals surface area contributed by atoms with Crippen molar-refractivity contribution in [2.75, 3.05) is 5.32 Å². The molecule has 0 heterocycles. The summed E-state index contributed by atoms with van der Waals surface area (Å²) < 4.78 is 13.2. The summed E-state index contributed by atoms with van der Waals surface area (Å²) in [5, 5.41) is 11.8. The van der Waals surface area contributed by atoms with Crippen molar-refractivity contribution < 1.29 is 19.1 Å². The van der Waals surface area contributed by atoms with E-state index in [1.807, 2.05) is 0 Å². The Morgan fingerprint density at radius 3 is 2.61 bits per heavy atom. The summed E-state index contributed by atoms with van der Waals surface area (Å²) >= 11 is 0. The van der Waals surface area contributed by atoms with E-state index < -0.39 is 11.7 Å². The molecular formula is C18H18FNO3. The number of Topliss-reactive ketones (excluding diaryl/α,β-unsaturated/α-hetero) is 1. The van der Waals surface area contributed by atoms with Crippen LogP contribution in [0.15, 0.2) is 48.5 Å². The first-order chi connectivity index (χ1) is 11.0. The summed E-state index contributed by atoms with van der Waals surface area (Å²) in [4.78, 5) is 24.2. The van der Waals surface area contributed by atoms with Crippen LogP contribution in [0.4, 0.5) is 10.1 Å². The highest BCUT2D eigenvalue weighted by atomic mass is 19.1. The smallest absolute Gasteiger partial charge is 0.225 e. The largest absolute Gasteiger partial charge is 0.392 e. The summed E-state index contributed by atoms with van der Waals surface area (Å²) in [7, 11) is 0. The van der Waals surface area contributed by atoms with Crippen LogP contribution in [-0.4, -0.2) is 16.8 Å². The molecule has 23 heavy (non-hydrogen) atoms. The molecular weight excluding hydrogens is 297 g/mol. The van der Waals surface area contributed by atoms with E-state index in [2.05, 4.69) is 5.32 Å². The maximum absolute atomic E-state index is 13.2. The third-order valence-corrected chi connectivity index (χ3v) is 3.44. The van der Waals surface area contributed by atoms with Gasteiger partial charge in [-0.1, -0.05) is 31.2 Å². The number of hydrogen-bond acceptors (Lipinski definition) is 3. The average molecular weight is 315 g/mol. The van der Waals surface area contributed by atoms with Gasteiger partial charge in [-0.25, -0.2) is 4.39 Å². The van der Waals surface area contributed by atoms with E-state index in [0.29, 0.717) is 11.3 Å². The second-order valence-corrected chi connectivity index (χ2v) is 5.39. The summed E-state index contributed by atoms with van der Waals surface area (Å²) in [6, 6.07) is 12.3. The third-order valence-electron chi connectivity index (χ3n) is 3.44. The maximum Gasteiger partial charge on any atom is 0.225 e. The van der Waals surface area contributed by atoms with Crippen LogP contribution in [0.2, 0.25) is 0 Å². The van der Waals surface area contributed by atoms with Crippen molar-refractivity contribution in [3.05, 3.63) is 65.5 Å². The van der Waals surface area contributed by atoms with E-state index in [1.165, 1.54) is 24.3 Å². The Morgan fingerprint density at radius 1 is 1.17 bits per heavy atom. The molecule has 0 radical (unpaired) electrons. The van der Waals surface area contributed by atoms with Gasteiger partial charge in [0.15, 0.2) is 5.78 Å². The maximum atomic E-state index is 13.2. The van der Waals surface area contributed by atoms with E-state index in [1.54, 1.807) is 31.2 Å². The highest BCUT2D eigenvalue weighted by Gasteiger charge is 2.19. The molecule has 0 aliphatic heterocycles. The number of hydrogen-bond donors (Lipinski definition) is 2. The minimum Gasteiger partial charge on any atom is -0.392 e. The average Bonchev–Trinajstić information content (AvgIpc) is 2.54. The van der Waals surface area contributed by atoms with Gasteiger partial charge in [-0.05, 0) is 29.8 Å². The standard InChI is InChI=1S/C18H18FNO3/c1-12(18(23)14-5-3-6-15(19)10-14)8-17(22)20-16-7-2-4-13(9-16)11-21/h2-7,9-10,12,21H,8,11H2,1H3,(H,20,22). The first-order valence-electron chi connectivity index (χ1n) is 7.29. The van der Waals surface area contributed by atoms with E-state index >= 15 is 0 Å². The number of nitrogens with one attached hydrogen (secondary N) is 1. The topological polar surface area (TPSA) is 66.4 Å². The summed E-state index contributed by atoms with van der Waals surface area (Å²) in [5.74, 6) is -1.62. The van der Waals surface area contributed by atoms with Crippen LogP contribution < -0.4 is 5.32 Å². The second kappa shape index (κ2) is 7.65. The Bertz CT molecular complexity index is 715. The summed E-state index contributed by atoms with van der Waals surface area (Å²) in [6.45, 7) is 1.52. The molecule has 4 nitrogen and oxygen atoms in total. The number of carbonyl (C=O) groups excluding carboxylic acids is 2. The molecule has 1 amide bonds. The quantitative estimate of drug-likeness (QED) is 0.805. The molecule has 0 aliphatic rings. The van der Waals surface area contributed by atoms with E-state index in [-0.39, 0.29) is 30.3 Å². The van der Waals surface area contributed by atoms with Gasteiger partial charge in [0.2, 0.25) is 5.91 Å². The summed E-state index contributed by atoms with van der Waals surface area (Å²) in [5.41, 5.74) is 1.51. The van der Waals surface area contributed by atoms with Gasteiger partial charge < -0.3 is 10.4 Å². The molecule has 2 aromatic rings. The van der Waals surface area contributed by atoms with Gasteiger partial charge in [0, 0.05) is 23.6 Å². The van der Waals surface area contributed by atoms with Crippen molar-refractivity contribution >= 4 is 17.4 Å². The number of halogens is 1. The number of amides is 1. The van der Waals surface area contributed by atoms with Gasteiger partial charge in [-0.15, -0.1) is 0 Å². The first-order valence-corrected chi connectivity index (χ1v) is 7.29. The predicted octanol–water partition coefficient (Wildman–Crippen LogP) is 3.17. The van der Waals surface area contributed by atoms with Crippen LogP contribution >= 0.6 is 0 Å². The zero-order chi connectivity index (χ0) is 16.8. The predicted molar refractivity (Wildman–Crippen MR) is 85.5 cm³/mol. The molecule has 0 aromatic heterocycles. The van der Waals surface area contributed by atoms with Crippen LogP contribution in [-0.2, 0) is 11.4 Å². The molecule has 0 saturated heterocycles. The number of aliphatic hydroxyl groups excluding tert-OH is 1. The lowest BCUT2D eigenvalue weighted by atomic mass is 9.96. The minimum absolute atomic E-state index is 0.00129. The number of aliphatic hydroxyl groups is 1. The van der Waals surface area contributed by atoms with E-state index in [4.69, 9.17) is 5.11 Å². The third kappa shape index (κ3) is 4.72. The van der Waals surface area contributed by atoms with Crippen molar-refractivity contribution in [3.8, 4) is 0 Å². The normalized spacial score (nSPS) is 11.8. The molecule has 2 aromatic carbocycles. The molecule has 5 heteroatoms. The number of anilines is 1. The fourth-order valence-corrected chi connectivity index (χ4v) is 2.26. The van der Waals surface area contributed by atoms with Crippen molar-refractivity contribution in [2.24, 2.45) is 5.92 Å². The molecule has 0 saturated carbocycles. The number of rotatable bonds is 6. The Hall–Kier alpha value is -2.53. The highest BCUT2D eigenvalue weighted by Crippen LogP contribution is 2.16. The number of carbonyl (C=O) groups is 2. The second-order valence-electron chi connectivity index (χ2n) is 5.39. The summed E-state index contributed by atoms with van der Waals surface area (Å²) in [6.07, 6.45) is -0.00129. The van der Waals surface area contributed by atoms with Gasteiger partial charge in [-0.3, -0.25) is 9.59 Å². The molecule has 2 rings (SSSR count). The highest BCUT2D eigenvalue weighted by molar-refractivity contribution is 6.01. The van der Waals surface area contributed by atoms with E-state index in [9.17, 15) is 14.0 Å². The van der Waals surface area contributed by atoms with Gasteiger partial charge in [-0.2, -0.15) is 0 Å². The Morgan fingerprint density at radius 2 is 1.91 bits per heavy atom. The lowest BCUT2D eigenvalue weighted by molar-refractivity contribution is -0.116. The molecule has 1 unspecified atom stereocenters. The van der Waals surface area contributed by atoms with Crippen LogP contribution in [0, 0.1) is 11.7 Å². The fourth-order valence-electron chi connectivity index (χ4n) is 2.26. The Balaban J connectivity index is 1.97.